The molecule has 0 aliphatic carbocycles. The van der Waals surface area contributed by atoms with Gasteiger partial charge in [0.15, 0.2) is 0 Å². The zero-order valence-electron chi connectivity index (χ0n) is 19.0. The Kier molecular flexibility index (Phi) is 4.85. The number of imidazole rings is 1. The largest absolute Gasteiger partial charge is 0.434 e. The van der Waals surface area contributed by atoms with E-state index in [-0.39, 0.29) is 23.7 Å². The first-order chi connectivity index (χ1) is 16.4. The van der Waals surface area contributed by atoms with Crippen LogP contribution in [-0.2, 0) is 0 Å². The Morgan fingerprint density at radius 3 is 2.79 bits per heavy atom. The highest BCUT2D eigenvalue weighted by Gasteiger charge is 2.45. The van der Waals surface area contributed by atoms with E-state index >= 15 is 0 Å². The summed E-state index contributed by atoms with van der Waals surface area (Å²) in [7, 11) is 3.85. The van der Waals surface area contributed by atoms with Crippen molar-refractivity contribution in [3.8, 4) is 17.6 Å². The van der Waals surface area contributed by atoms with E-state index in [9.17, 15) is 13.6 Å². The van der Waals surface area contributed by atoms with Gasteiger partial charge in [-0.1, -0.05) is 17.9 Å². The van der Waals surface area contributed by atoms with Crippen molar-refractivity contribution in [1.29, 1.82) is 0 Å². The molecule has 0 spiro atoms. The number of halogens is 2. The average Bonchev–Trinajstić information content (AvgIpc) is 3.48. The van der Waals surface area contributed by atoms with Crippen molar-refractivity contribution in [1.82, 2.24) is 19.4 Å². The summed E-state index contributed by atoms with van der Waals surface area (Å²) < 4.78 is 33.4. The lowest BCUT2D eigenvalue weighted by Gasteiger charge is -2.24. The third kappa shape index (κ3) is 3.26. The minimum absolute atomic E-state index is 0.0379. The van der Waals surface area contributed by atoms with Crippen molar-refractivity contribution in [2.45, 2.75) is 31.5 Å². The molecule has 3 aliphatic heterocycles. The van der Waals surface area contributed by atoms with E-state index in [1.165, 1.54) is 6.07 Å². The summed E-state index contributed by atoms with van der Waals surface area (Å²) in [5.74, 6) is 7.65. The van der Waals surface area contributed by atoms with Gasteiger partial charge in [0.25, 0.3) is 5.91 Å². The number of carbonyl (C=O) groups is 1. The first-order valence-electron chi connectivity index (χ1n) is 11.5. The topological polar surface area (TPSA) is 50.6 Å². The molecule has 0 radical (unpaired) electrons. The molecule has 0 N–H and O–H groups in total. The Labute approximate surface area is 196 Å². The summed E-state index contributed by atoms with van der Waals surface area (Å²) in [5, 5.41) is 0. The summed E-state index contributed by atoms with van der Waals surface area (Å²) in [6, 6.07) is 10.1. The van der Waals surface area contributed by atoms with Gasteiger partial charge >= 0.3 is 6.61 Å². The van der Waals surface area contributed by atoms with Gasteiger partial charge in [0.05, 0.1) is 23.1 Å². The van der Waals surface area contributed by atoms with E-state index in [1.807, 2.05) is 18.2 Å². The van der Waals surface area contributed by atoms with Gasteiger partial charge in [-0.15, -0.1) is 0 Å². The number of nitrogens with zero attached hydrogens (tertiary/aromatic N) is 4. The van der Waals surface area contributed by atoms with Crippen molar-refractivity contribution < 1.29 is 18.3 Å². The number of ether oxygens (including phenoxy) is 1. The van der Waals surface area contributed by atoms with Gasteiger partial charge in [-0.05, 0) is 50.3 Å². The molecule has 1 amide bonds. The summed E-state index contributed by atoms with van der Waals surface area (Å²) in [4.78, 5) is 22.0. The Hall–Kier alpha value is -3.44. The molecule has 3 aromatic rings. The van der Waals surface area contributed by atoms with Crippen LogP contribution in [0.25, 0.3) is 11.0 Å². The maximum atomic E-state index is 13.2. The van der Waals surface area contributed by atoms with Crippen LogP contribution in [0.5, 0.6) is 5.75 Å². The lowest BCUT2D eigenvalue weighted by atomic mass is 9.97. The van der Waals surface area contributed by atoms with E-state index < -0.39 is 6.61 Å². The number of benzene rings is 2. The van der Waals surface area contributed by atoms with E-state index in [2.05, 4.69) is 28.4 Å². The van der Waals surface area contributed by atoms with Gasteiger partial charge in [0, 0.05) is 42.6 Å². The van der Waals surface area contributed by atoms with Gasteiger partial charge in [-0.3, -0.25) is 4.79 Å². The molecule has 6 rings (SSSR count). The smallest absolute Gasteiger partial charge is 0.387 e. The van der Waals surface area contributed by atoms with E-state index in [4.69, 9.17) is 9.72 Å². The van der Waals surface area contributed by atoms with Crippen LogP contribution in [0.4, 0.5) is 8.78 Å². The average molecular weight is 463 g/mol. The molecule has 174 valence electrons. The molecule has 4 heterocycles. The maximum absolute atomic E-state index is 13.2. The van der Waals surface area contributed by atoms with E-state index in [0.29, 0.717) is 23.5 Å². The number of fused-ring (bicyclic) bond motifs is 9. The molecular weight excluding hydrogens is 438 g/mol. The molecule has 2 aromatic carbocycles. The number of alkyl halides is 2. The molecule has 2 bridgehead atoms. The number of carbonyl (C=O) groups excluding carboxylic acids is 1. The second-order valence-electron chi connectivity index (χ2n) is 9.34. The fourth-order valence-corrected chi connectivity index (χ4v) is 5.60. The van der Waals surface area contributed by atoms with Crippen LogP contribution < -0.4 is 4.74 Å². The van der Waals surface area contributed by atoms with Crippen LogP contribution >= 0.6 is 0 Å². The van der Waals surface area contributed by atoms with Crippen LogP contribution in [0.1, 0.15) is 52.2 Å². The van der Waals surface area contributed by atoms with Crippen LogP contribution in [0, 0.1) is 17.8 Å². The summed E-state index contributed by atoms with van der Waals surface area (Å²) in [5.41, 5.74) is 3.46. The van der Waals surface area contributed by atoms with Crippen molar-refractivity contribution in [3.05, 3.63) is 58.9 Å². The van der Waals surface area contributed by atoms with Crippen LogP contribution in [-0.4, -0.2) is 59.1 Å². The third-order valence-corrected chi connectivity index (χ3v) is 7.22. The molecule has 1 saturated heterocycles. The van der Waals surface area contributed by atoms with Crippen LogP contribution in [0.3, 0.4) is 0 Å². The number of amides is 1. The molecule has 3 aliphatic rings. The third-order valence-electron chi connectivity index (χ3n) is 7.22. The highest BCUT2D eigenvalue weighted by atomic mass is 19.3. The highest BCUT2D eigenvalue weighted by Crippen LogP contribution is 2.49. The summed E-state index contributed by atoms with van der Waals surface area (Å²) in [6.07, 6.45) is 1.63. The van der Waals surface area contributed by atoms with Gasteiger partial charge in [0.2, 0.25) is 0 Å². The molecule has 0 saturated carbocycles. The zero-order valence-corrected chi connectivity index (χ0v) is 19.0. The van der Waals surface area contributed by atoms with E-state index in [0.717, 1.165) is 41.9 Å². The number of likely N-dealkylation sites (tertiary alicyclic amines) is 1. The predicted molar refractivity (Wildman–Crippen MR) is 123 cm³/mol. The molecule has 34 heavy (non-hydrogen) atoms. The van der Waals surface area contributed by atoms with Crippen LogP contribution in [0.2, 0.25) is 0 Å². The Morgan fingerprint density at radius 2 is 2.03 bits per heavy atom. The number of hydrogen-bond donors (Lipinski definition) is 0. The van der Waals surface area contributed by atoms with Crippen molar-refractivity contribution in [2.75, 3.05) is 27.2 Å². The standard InChI is InChI=1S/C26H24F2N4O2/c1-30-11-10-16(14-30)7-6-15-8-9-18-19(12-15)32-20-13-21(24(32)29-18)31(2)25(33)17-4-3-5-22(23(17)20)34-26(27)28/h3-5,8-9,12,16,20-21,26H,10-11,13-14H2,1-2H3/t16?,20?,21-/m1/s1. The normalized spacial score (nSPS) is 23.6. The first-order valence-corrected chi connectivity index (χ1v) is 11.5. The molecule has 3 atom stereocenters. The second kappa shape index (κ2) is 7.81. The minimum Gasteiger partial charge on any atom is -0.434 e. The summed E-state index contributed by atoms with van der Waals surface area (Å²) in [6.45, 7) is -0.938. The molecule has 1 aromatic heterocycles. The Bertz CT molecular complexity index is 1370. The molecular formula is C26H24F2N4O2. The van der Waals surface area contributed by atoms with E-state index in [1.54, 1.807) is 24.1 Å². The lowest BCUT2D eigenvalue weighted by molar-refractivity contribution is -0.0507. The van der Waals surface area contributed by atoms with Crippen LogP contribution in [0.15, 0.2) is 36.4 Å². The number of hydrogen-bond acceptors (Lipinski definition) is 4. The fourth-order valence-electron chi connectivity index (χ4n) is 5.60. The number of rotatable bonds is 2. The fraction of sp³-hybridized carbons (Fsp3) is 0.385. The zero-order chi connectivity index (χ0) is 23.6. The Balaban J connectivity index is 1.49. The lowest BCUT2D eigenvalue weighted by Crippen LogP contribution is -2.30. The first kappa shape index (κ1) is 21.1. The monoisotopic (exact) mass is 462 g/mol. The maximum Gasteiger partial charge on any atom is 0.387 e. The Morgan fingerprint density at radius 1 is 1.18 bits per heavy atom. The molecule has 2 unspecified atom stereocenters. The molecule has 8 heteroatoms. The number of aromatic nitrogens is 2. The quantitative estimate of drug-likeness (QED) is 0.539. The highest BCUT2D eigenvalue weighted by molar-refractivity contribution is 5.97. The van der Waals surface area contributed by atoms with Crippen molar-refractivity contribution in [2.24, 2.45) is 5.92 Å². The predicted octanol–water partition coefficient (Wildman–Crippen LogP) is 4.06. The van der Waals surface area contributed by atoms with Gasteiger partial charge in [-0.2, -0.15) is 8.78 Å². The molecule has 6 nitrogen and oxygen atoms in total. The van der Waals surface area contributed by atoms with Crippen molar-refractivity contribution >= 4 is 16.9 Å². The SMILES string of the molecule is CN1CCC(C#Cc2ccc3nc4n(c3c2)C2C[C@H]4N(C)C(=O)c3cccc(OC(F)F)c32)C1. The van der Waals surface area contributed by atoms with Crippen molar-refractivity contribution in [3.63, 3.8) is 0 Å². The minimum atomic E-state index is -2.98. The second-order valence-corrected chi connectivity index (χ2v) is 9.34. The summed E-state index contributed by atoms with van der Waals surface area (Å²) >= 11 is 0. The van der Waals surface area contributed by atoms with Gasteiger partial charge in [-0.25, -0.2) is 4.98 Å². The van der Waals surface area contributed by atoms with Gasteiger partial charge in [0.1, 0.15) is 11.6 Å². The molecule has 1 fully saturated rings. The van der Waals surface area contributed by atoms with Gasteiger partial charge < -0.3 is 19.1 Å².